The lowest BCUT2D eigenvalue weighted by atomic mass is 9.75. The number of rotatable bonds is 10. The highest BCUT2D eigenvalue weighted by molar-refractivity contribution is 5.82. The fraction of sp³-hybridized carbons (Fsp3) is 0.441. The second kappa shape index (κ2) is 13.1. The van der Waals surface area contributed by atoms with Crippen LogP contribution in [0.2, 0.25) is 0 Å². The van der Waals surface area contributed by atoms with E-state index in [0.717, 1.165) is 11.1 Å². The normalized spacial score (nSPS) is 23.9. The molecule has 0 aliphatic carbocycles. The molecule has 2 fully saturated rings. The van der Waals surface area contributed by atoms with Crippen molar-refractivity contribution in [2.75, 3.05) is 47.6 Å². The van der Waals surface area contributed by atoms with Gasteiger partial charge in [0.2, 0.25) is 6.79 Å². The second-order valence-corrected chi connectivity index (χ2v) is 11.5. The molecule has 4 heterocycles. The largest absolute Gasteiger partial charge is 0.493 e. The average molecular weight is 648 g/mol. The van der Waals surface area contributed by atoms with E-state index >= 15 is 0 Å². The zero-order valence-corrected chi connectivity index (χ0v) is 26.8. The number of methoxy groups -OCH3 is 2. The lowest BCUT2D eigenvalue weighted by molar-refractivity contribution is -0.179. The van der Waals surface area contributed by atoms with E-state index in [1.165, 1.54) is 13.2 Å². The fourth-order valence-electron chi connectivity index (χ4n) is 7.23. The van der Waals surface area contributed by atoms with Crippen molar-refractivity contribution in [1.29, 1.82) is 5.26 Å². The van der Waals surface area contributed by atoms with Crippen LogP contribution in [0.3, 0.4) is 0 Å². The van der Waals surface area contributed by atoms with Crippen molar-refractivity contribution in [2.45, 2.75) is 50.5 Å². The van der Waals surface area contributed by atoms with Crippen LogP contribution < -0.4 is 23.7 Å². The van der Waals surface area contributed by atoms with Gasteiger partial charge in [-0.05, 0) is 37.5 Å². The Morgan fingerprint density at radius 2 is 1.83 bits per heavy atom. The van der Waals surface area contributed by atoms with Gasteiger partial charge in [-0.2, -0.15) is 5.26 Å². The number of amides is 1. The lowest BCUT2D eigenvalue weighted by Crippen LogP contribution is -2.71. The van der Waals surface area contributed by atoms with Gasteiger partial charge < -0.3 is 37.9 Å². The summed E-state index contributed by atoms with van der Waals surface area (Å²) in [5.74, 6) is 1.58. The van der Waals surface area contributed by atoms with Gasteiger partial charge >= 0.3 is 12.1 Å². The number of ether oxygens (including phenoxy) is 8. The average Bonchev–Trinajstić information content (AvgIpc) is 3.56. The van der Waals surface area contributed by atoms with Gasteiger partial charge in [-0.1, -0.05) is 31.4 Å². The summed E-state index contributed by atoms with van der Waals surface area (Å²) in [6.45, 7) is 11.1. The summed E-state index contributed by atoms with van der Waals surface area (Å²) in [6.07, 6.45) is 2.75. The van der Waals surface area contributed by atoms with Gasteiger partial charge in [0.1, 0.15) is 37.7 Å². The summed E-state index contributed by atoms with van der Waals surface area (Å²) in [6, 6.07) is 1.86. The Kier molecular flexibility index (Phi) is 8.90. The minimum absolute atomic E-state index is 0.0288. The number of piperazine rings is 1. The Morgan fingerprint density at radius 3 is 2.53 bits per heavy atom. The van der Waals surface area contributed by atoms with Gasteiger partial charge in [0, 0.05) is 23.8 Å². The Bertz CT molecular complexity index is 1650. The van der Waals surface area contributed by atoms with Gasteiger partial charge in [0.25, 0.3) is 0 Å². The minimum Gasteiger partial charge on any atom is -0.493 e. The van der Waals surface area contributed by atoms with Gasteiger partial charge in [-0.25, -0.2) is 9.59 Å². The van der Waals surface area contributed by atoms with Gasteiger partial charge in [-0.15, -0.1) is 0 Å². The monoisotopic (exact) mass is 647 g/mol. The molecule has 4 aliphatic heterocycles. The topological polar surface area (TPSA) is 138 Å². The molecule has 6 rings (SSSR count). The Balaban J connectivity index is 1.57. The molecular formula is C34H37N3O10. The van der Waals surface area contributed by atoms with Gasteiger partial charge in [0.05, 0.1) is 31.3 Å². The van der Waals surface area contributed by atoms with E-state index in [1.54, 1.807) is 24.2 Å². The Morgan fingerprint density at radius 1 is 1.06 bits per heavy atom. The number of esters is 1. The number of hydrogen-bond acceptors (Lipinski definition) is 12. The maximum atomic E-state index is 13.9. The smallest absolute Gasteiger partial charge is 0.411 e. The molecule has 13 heteroatoms. The van der Waals surface area contributed by atoms with Crippen molar-refractivity contribution in [3.05, 3.63) is 65.3 Å². The molecule has 2 aromatic rings. The number of nitriles is 1. The van der Waals surface area contributed by atoms with Crippen LogP contribution in [0.1, 0.15) is 39.9 Å². The van der Waals surface area contributed by atoms with Crippen LogP contribution in [0, 0.1) is 25.2 Å². The first-order chi connectivity index (χ1) is 22.8. The highest BCUT2D eigenvalue weighted by Crippen LogP contribution is 2.55. The summed E-state index contributed by atoms with van der Waals surface area (Å²) in [5.41, 5.74) is 3.49. The fourth-order valence-corrected chi connectivity index (χ4v) is 7.23. The van der Waals surface area contributed by atoms with E-state index in [-0.39, 0.29) is 39.8 Å². The molecule has 2 aromatic carbocycles. The molecule has 248 valence electrons. The molecule has 0 saturated carbocycles. The SMILES string of the molecule is C=CCOC(=O)N1C2c3c(cc(C)c(OC)c3OCC=C)C[C@@H]1[C@H](C#N)N1[C@H](c3cc(OCOC)c(C)c4c3OCO4)C(=O)OC[C@@H]21. The van der Waals surface area contributed by atoms with Crippen LogP contribution in [0.4, 0.5) is 4.79 Å². The van der Waals surface area contributed by atoms with Crippen LogP contribution in [0.15, 0.2) is 37.4 Å². The molecule has 13 nitrogen and oxygen atoms in total. The molecule has 5 atom stereocenters. The molecule has 0 aromatic heterocycles. The van der Waals surface area contributed by atoms with E-state index < -0.39 is 42.3 Å². The molecule has 0 spiro atoms. The summed E-state index contributed by atoms with van der Waals surface area (Å²) in [5, 5.41) is 10.8. The third kappa shape index (κ3) is 5.17. The molecule has 0 N–H and O–H groups in total. The van der Waals surface area contributed by atoms with E-state index in [2.05, 4.69) is 19.2 Å². The summed E-state index contributed by atoms with van der Waals surface area (Å²) in [7, 11) is 3.06. The zero-order chi connectivity index (χ0) is 33.4. The van der Waals surface area contributed by atoms with Crippen LogP contribution in [0.25, 0.3) is 0 Å². The number of hydrogen-bond donors (Lipinski definition) is 0. The van der Waals surface area contributed by atoms with E-state index in [4.69, 9.17) is 37.9 Å². The number of benzene rings is 2. The Labute approximate surface area is 272 Å². The lowest BCUT2D eigenvalue weighted by Gasteiger charge is -2.58. The summed E-state index contributed by atoms with van der Waals surface area (Å²) < 4.78 is 46.3. The van der Waals surface area contributed by atoms with Crippen LogP contribution >= 0.6 is 0 Å². The molecule has 4 aliphatic rings. The van der Waals surface area contributed by atoms with Crippen LogP contribution in [-0.4, -0.2) is 87.6 Å². The third-order valence-electron chi connectivity index (χ3n) is 8.99. The first-order valence-corrected chi connectivity index (χ1v) is 15.2. The quantitative estimate of drug-likeness (QED) is 0.209. The maximum absolute atomic E-state index is 13.9. The van der Waals surface area contributed by atoms with Crippen molar-refractivity contribution >= 4 is 12.1 Å². The number of aryl methyl sites for hydroxylation is 1. The van der Waals surface area contributed by atoms with Crippen molar-refractivity contribution in [3.63, 3.8) is 0 Å². The van der Waals surface area contributed by atoms with Crippen LogP contribution in [-0.2, 0) is 25.4 Å². The highest BCUT2D eigenvalue weighted by atomic mass is 16.7. The van der Waals surface area contributed by atoms with Gasteiger partial charge in [0.15, 0.2) is 29.8 Å². The molecule has 0 radical (unpaired) electrons. The number of carbonyl (C=O) groups is 2. The standard InChI is InChI=1S/C34H37N3O10/c1-7-9-42-32-26-20(11-18(3)29(32)41-6)12-22-23(14-35)36-24(28(26)37(22)34(39)43-10-8-2)15-44-33(38)27(36)21-13-25(45-16-40-5)19(4)30-31(21)47-17-46-30/h7-8,11,13,22-24,27-28H,1-2,9-10,12,15-17H2,3-6H3/t22-,23+,24+,27-,28?/m1/s1. The van der Waals surface area contributed by atoms with Gasteiger partial charge in [-0.3, -0.25) is 9.80 Å². The summed E-state index contributed by atoms with van der Waals surface area (Å²) >= 11 is 0. The highest BCUT2D eigenvalue weighted by Gasteiger charge is 2.60. The minimum atomic E-state index is -1.11. The van der Waals surface area contributed by atoms with E-state index in [0.29, 0.717) is 45.4 Å². The van der Waals surface area contributed by atoms with Crippen molar-refractivity contribution in [2.24, 2.45) is 0 Å². The van der Waals surface area contributed by atoms with E-state index in [9.17, 15) is 14.9 Å². The first-order valence-electron chi connectivity index (χ1n) is 15.2. The van der Waals surface area contributed by atoms with Crippen molar-refractivity contribution in [1.82, 2.24) is 9.80 Å². The molecule has 2 saturated heterocycles. The molecule has 1 amide bonds. The maximum Gasteiger partial charge on any atom is 0.411 e. The third-order valence-corrected chi connectivity index (χ3v) is 8.99. The molecule has 1 unspecified atom stereocenters. The van der Waals surface area contributed by atoms with Crippen molar-refractivity contribution in [3.8, 4) is 34.8 Å². The number of carbonyl (C=O) groups excluding carboxylic acids is 2. The zero-order valence-electron chi connectivity index (χ0n) is 26.8. The number of fused-ring (bicyclic) bond motifs is 7. The summed E-state index contributed by atoms with van der Waals surface area (Å²) in [4.78, 5) is 31.2. The van der Waals surface area contributed by atoms with Crippen molar-refractivity contribution < 1.29 is 47.5 Å². The first kappa shape index (κ1) is 32.0. The van der Waals surface area contributed by atoms with E-state index in [1.807, 2.05) is 24.8 Å². The number of morpholine rings is 1. The number of nitrogens with zero attached hydrogens (tertiary/aromatic N) is 3. The predicted octanol–water partition coefficient (Wildman–Crippen LogP) is 4.05. The number of cyclic esters (lactones) is 1. The second-order valence-electron chi connectivity index (χ2n) is 11.5. The van der Waals surface area contributed by atoms with Crippen LogP contribution in [0.5, 0.6) is 28.7 Å². The predicted molar refractivity (Wildman–Crippen MR) is 166 cm³/mol. The molecular weight excluding hydrogens is 610 g/mol. The Hall–Kier alpha value is -4.93. The molecule has 2 bridgehead atoms. The molecule has 47 heavy (non-hydrogen) atoms.